The zero-order valence-electron chi connectivity index (χ0n) is 22.4. The summed E-state index contributed by atoms with van der Waals surface area (Å²) in [5.41, 5.74) is 7.10. The number of carbonyl (C=O) groups excluding carboxylic acids is 1. The van der Waals surface area contributed by atoms with Crippen molar-refractivity contribution in [1.82, 2.24) is 4.57 Å². The Bertz CT molecular complexity index is 1970. The summed E-state index contributed by atoms with van der Waals surface area (Å²) in [6.07, 6.45) is 1.63. The number of methoxy groups -OCH3 is 3. The van der Waals surface area contributed by atoms with E-state index in [4.69, 9.17) is 19.9 Å². The molecule has 2 N–H and O–H groups in total. The molecular weight excluding hydrogens is 564 g/mol. The maximum absolute atomic E-state index is 14.2. The lowest BCUT2D eigenvalue weighted by atomic mass is 9.89. The van der Waals surface area contributed by atoms with Gasteiger partial charge in [0.2, 0.25) is 9.84 Å². The second-order valence-electron chi connectivity index (χ2n) is 9.01. The van der Waals surface area contributed by atoms with E-state index in [0.29, 0.717) is 22.6 Å². The van der Waals surface area contributed by atoms with Crippen molar-refractivity contribution < 1.29 is 27.4 Å². The zero-order chi connectivity index (χ0) is 29.3. The highest BCUT2D eigenvalue weighted by Gasteiger charge is 2.42. The average Bonchev–Trinajstić information content (AvgIpc) is 3.32. The van der Waals surface area contributed by atoms with E-state index in [2.05, 4.69) is 0 Å². The van der Waals surface area contributed by atoms with Gasteiger partial charge in [-0.25, -0.2) is 13.2 Å². The Balaban J connectivity index is 1.92. The Morgan fingerprint density at radius 2 is 1.59 bits per heavy atom. The molecule has 0 radical (unpaired) electrons. The quantitative estimate of drug-likeness (QED) is 0.325. The monoisotopic (exact) mass is 590 g/mol. The normalized spacial score (nSPS) is 15.4. The minimum Gasteiger partial charge on any atom is -0.497 e. The Labute approximate surface area is 240 Å². The Kier molecular flexibility index (Phi) is 7.57. The van der Waals surface area contributed by atoms with Crippen LogP contribution >= 0.6 is 11.3 Å². The number of esters is 1. The number of sulfone groups is 1. The Morgan fingerprint density at radius 1 is 0.927 bits per heavy atom. The molecule has 210 valence electrons. The largest absolute Gasteiger partial charge is 0.497 e. The summed E-state index contributed by atoms with van der Waals surface area (Å²) in [7, 11) is -0.102. The lowest BCUT2D eigenvalue weighted by Crippen LogP contribution is -2.41. The second-order valence-corrected chi connectivity index (χ2v) is 12.0. The summed E-state index contributed by atoms with van der Waals surface area (Å²) in [6.45, 7) is 0. The zero-order valence-corrected chi connectivity index (χ0v) is 24.0. The van der Waals surface area contributed by atoms with E-state index in [9.17, 15) is 18.0 Å². The Hall–Kier alpha value is -4.61. The van der Waals surface area contributed by atoms with Gasteiger partial charge in [0, 0.05) is 0 Å². The van der Waals surface area contributed by atoms with Crippen molar-refractivity contribution >= 4 is 44.6 Å². The van der Waals surface area contributed by atoms with Gasteiger partial charge >= 0.3 is 5.97 Å². The molecule has 1 atom stereocenters. The second kappa shape index (κ2) is 11.1. The number of hydrogen-bond acceptors (Lipinski definition) is 9. The third-order valence-electron chi connectivity index (χ3n) is 6.67. The number of benzene rings is 3. The van der Waals surface area contributed by atoms with Crippen LogP contribution in [0.25, 0.3) is 17.5 Å². The molecule has 5 rings (SSSR count). The number of carbonyl (C=O) groups is 1. The maximum atomic E-state index is 14.2. The van der Waals surface area contributed by atoms with Crippen LogP contribution in [0.3, 0.4) is 0 Å². The molecule has 0 amide bonds. The number of allylic oxidation sites excluding steroid dienone is 1. The molecule has 0 fully saturated rings. The number of ether oxygens (including phenoxy) is 3. The minimum atomic E-state index is -4.32. The molecule has 41 heavy (non-hydrogen) atoms. The van der Waals surface area contributed by atoms with Crippen molar-refractivity contribution in [1.29, 1.82) is 0 Å². The van der Waals surface area contributed by atoms with Gasteiger partial charge in [-0.2, -0.15) is 0 Å². The summed E-state index contributed by atoms with van der Waals surface area (Å²) in [6, 6.07) is 21.5. The first kappa shape index (κ1) is 27.9. The number of nitrogens with two attached hydrogens (primary N) is 1. The molecule has 2 heterocycles. The molecule has 0 saturated heterocycles. The highest BCUT2D eigenvalue weighted by molar-refractivity contribution is 7.95. The van der Waals surface area contributed by atoms with Gasteiger partial charge in [-0.15, -0.1) is 11.3 Å². The van der Waals surface area contributed by atoms with Crippen LogP contribution in [0.15, 0.2) is 93.5 Å². The van der Waals surface area contributed by atoms with E-state index in [0.717, 1.165) is 15.9 Å². The number of nitrogens with zero attached hydrogens (tertiary/aromatic N) is 1. The van der Waals surface area contributed by atoms with Crippen molar-refractivity contribution in [2.45, 2.75) is 10.8 Å². The first-order valence-electron chi connectivity index (χ1n) is 12.4. The molecule has 3 aromatic carbocycles. The smallest absolute Gasteiger partial charge is 0.337 e. The predicted molar refractivity (Wildman–Crippen MR) is 157 cm³/mol. The topological polar surface area (TPSA) is 127 Å². The molecule has 1 aromatic heterocycles. The number of hydrogen-bond donors (Lipinski definition) is 1. The number of fused-ring (bicyclic) bond motifs is 1. The highest BCUT2D eigenvalue weighted by Crippen LogP contribution is 2.42. The molecule has 9 nitrogen and oxygen atoms in total. The summed E-state index contributed by atoms with van der Waals surface area (Å²) < 4.78 is 45.7. The number of thiazole rings is 1. The molecule has 1 aliphatic heterocycles. The SMILES string of the molecule is COC(=O)C1=c2s/c(=C/c3cccc(OC)c3)c(=O)n2C(N)=C(S(=O)(=O)c2ccccc2)[C@@H]1c1cccc(OC)c1. The fourth-order valence-electron chi connectivity index (χ4n) is 4.75. The summed E-state index contributed by atoms with van der Waals surface area (Å²) in [4.78, 5) is 26.9. The predicted octanol–water partition coefficient (Wildman–Crippen LogP) is 2.44. The highest BCUT2D eigenvalue weighted by atomic mass is 32.2. The molecule has 0 spiro atoms. The molecule has 0 bridgehead atoms. The van der Waals surface area contributed by atoms with Crippen molar-refractivity contribution in [3.8, 4) is 11.5 Å². The van der Waals surface area contributed by atoms with Crippen LogP contribution in [0.5, 0.6) is 11.5 Å². The van der Waals surface area contributed by atoms with Gasteiger partial charge in [0.25, 0.3) is 5.56 Å². The van der Waals surface area contributed by atoms with Crippen LogP contribution in [0.2, 0.25) is 0 Å². The van der Waals surface area contributed by atoms with E-state index in [-0.39, 0.29) is 30.4 Å². The number of rotatable bonds is 7. The standard InChI is InChI=1S/C30H26N2O7S2/c1-37-20-11-7-9-18(15-20)16-23-28(33)32-27(31)26(41(35,36)22-13-5-4-6-14-22)24(19-10-8-12-21(17-19)38-2)25(29(32)40-23)30(34)39-3/h4-17,24H,31H2,1-3H3/b23-16+/t24-/m1/s1. The van der Waals surface area contributed by atoms with E-state index in [1.165, 1.54) is 33.5 Å². The van der Waals surface area contributed by atoms with Crippen molar-refractivity contribution in [2.75, 3.05) is 21.3 Å². The first-order chi connectivity index (χ1) is 19.7. The van der Waals surface area contributed by atoms with Crippen molar-refractivity contribution in [2.24, 2.45) is 5.73 Å². The van der Waals surface area contributed by atoms with Gasteiger partial charge in [-0.1, -0.05) is 42.5 Å². The fraction of sp³-hybridized carbons (Fsp3) is 0.133. The summed E-state index contributed by atoms with van der Waals surface area (Å²) in [5.74, 6) is -1.24. The minimum absolute atomic E-state index is 0.0307. The van der Waals surface area contributed by atoms with E-state index in [1.54, 1.807) is 72.8 Å². The van der Waals surface area contributed by atoms with Crippen LogP contribution in [-0.4, -0.2) is 40.3 Å². The van der Waals surface area contributed by atoms with E-state index >= 15 is 0 Å². The molecular formula is C30H26N2O7S2. The van der Waals surface area contributed by atoms with Crippen LogP contribution in [0.1, 0.15) is 17.0 Å². The maximum Gasteiger partial charge on any atom is 0.337 e. The van der Waals surface area contributed by atoms with Crippen LogP contribution in [-0.2, 0) is 19.4 Å². The molecule has 1 aliphatic rings. The lowest BCUT2D eigenvalue weighted by Gasteiger charge is -2.28. The van der Waals surface area contributed by atoms with Crippen LogP contribution in [0, 0.1) is 0 Å². The lowest BCUT2D eigenvalue weighted by molar-refractivity contribution is -0.134. The van der Waals surface area contributed by atoms with Gasteiger partial charge in [0.05, 0.1) is 42.2 Å². The molecule has 0 aliphatic carbocycles. The molecule has 0 saturated carbocycles. The van der Waals surface area contributed by atoms with Gasteiger partial charge < -0.3 is 19.9 Å². The molecule has 11 heteroatoms. The van der Waals surface area contributed by atoms with Crippen LogP contribution < -0.4 is 30.0 Å². The van der Waals surface area contributed by atoms with E-state index in [1.807, 2.05) is 0 Å². The van der Waals surface area contributed by atoms with Crippen molar-refractivity contribution in [3.05, 3.63) is 114 Å². The van der Waals surface area contributed by atoms with Gasteiger partial charge in [-0.05, 0) is 53.6 Å². The van der Waals surface area contributed by atoms with Gasteiger partial charge in [-0.3, -0.25) is 9.36 Å². The van der Waals surface area contributed by atoms with Crippen molar-refractivity contribution in [3.63, 3.8) is 0 Å². The Morgan fingerprint density at radius 3 is 2.24 bits per heavy atom. The average molecular weight is 591 g/mol. The first-order valence-corrected chi connectivity index (χ1v) is 14.7. The van der Waals surface area contributed by atoms with Crippen LogP contribution in [0.4, 0.5) is 0 Å². The summed E-state index contributed by atoms with van der Waals surface area (Å²) in [5, 5.41) is 0. The molecule has 0 unspecified atom stereocenters. The van der Waals surface area contributed by atoms with E-state index < -0.39 is 27.3 Å². The third kappa shape index (κ3) is 4.94. The third-order valence-corrected chi connectivity index (χ3v) is 9.69. The summed E-state index contributed by atoms with van der Waals surface area (Å²) >= 11 is 1.02. The van der Waals surface area contributed by atoms with Gasteiger partial charge in [0.15, 0.2) is 0 Å². The molecule has 4 aromatic rings. The van der Waals surface area contributed by atoms with Gasteiger partial charge in [0.1, 0.15) is 26.9 Å². The fourth-order valence-corrected chi connectivity index (χ4v) is 7.62. The number of aromatic nitrogens is 1.